The van der Waals surface area contributed by atoms with Gasteiger partial charge in [-0.1, -0.05) is 13.3 Å². The van der Waals surface area contributed by atoms with E-state index in [1.54, 1.807) is 0 Å². The Balaban J connectivity index is 0.000001000. The van der Waals surface area contributed by atoms with Crippen molar-refractivity contribution in [3.05, 3.63) is 24.0 Å². The lowest BCUT2D eigenvalue weighted by molar-refractivity contribution is 0.733. The van der Waals surface area contributed by atoms with Gasteiger partial charge >= 0.3 is 0 Å². The van der Waals surface area contributed by atoms with E-state index < -0.39 is 0 Å². The van der Waals surface area contributed by atoms with Crippen molar-refractivity contribution in [2.45, 2.75) is 26.2 Å². The minimum Gasteiger partial charge on any atom is -0.354 e. The van der Waals surface area contributed by atoms with Gasteiger partial charge in [-0.25, -0.2) is 0 Å². The van der Waals surface area contributed by atoms with Gasteiger partial charge in [-0.15, -0.1) is 17.0 Å². The van der Waals surface area contributed by atoms with Crippen LogP contribution in [-0.2, 0) is 13.5 Å². The SMILES string of the molecule is Br.CCCCc1cccn1C. The Bertz CT molecular complexity index is 193. The number of nitrogens with zero attached hydrogens (tertiary/aromatic N) is 1. The van der Waals surface area contributed by atoms with Gasteiger partial charge in [0.25, 0.3) is 0 Å². The van der Waals surface area contributed by atoms with Gasteiger partial charge in [0.2, 0.25) is 0 Å². The van der Waals surface area contributed by atoms with Crippen LogP contribution in [0.25, 0.3) is 0 Å². The minimum absolute atomic E-state index is 0. The summed E-state index contributed by atoms with van der Waals surface area (Å²) in [6.07, 6.45) is 5.91. The highest BCUT2D eigenvalue weighted by Crippen LogP contribution is 2.04. The molecule has 0 spiro atoms. The molecule has 2 heteroatoms. The zero-order valence-electron chi connectivity index (χ0n) is 7.21. The Morgan fingerprint density at radius 1 is 1.45 bits per heavy atom. The molecule has 0 aliphatic rings. The van der Waals surface area contributed by atoms with Crippen LogP contribution >= 0.6 is 17.0 Å². The summed E-state index contributed by atoms with van der Waals surface area (Å²) in [6.45, 7) is 2.23. The van der Waals surface area contributed by atoms with Gasteiger partial charge in [-0.3, -0.25) is 0 Å². The molecule has 0 bridgehead atoms. The van der Waals surface area contributed by atoms with Crippen LogP contribution in [0.2, 0.25) is 0 Å². The molecule has 1 aromatic heterocycles. The van der Waals surface area contributed by atoms with Gasteiger partial charge in [0.1, 0.15) is 0 Å². The third-order valence-corrected chi connectivity index (χ3v) is 1.84. The maximum Gasteiger partial charge on any atom is 0.0171 e. The van der Waals surface area contributed by atoms with Gasteiger partial charge in [-0.05, 0) is 25.0 Å². The number of hydrogen-bond donors (Lipinski definition) is 0. The largest absolute Gasteiger partial charge is 0.354 e. The van der Waals surface area contributed by atoms with Crippen molar-refractivity contribution < 1.29 is 0 Å². The number of unbranched alkanes of at least 4 members (excludes halogenated alkanes) is 1. The van der Waals surface area contributed by atoms with Crippen molar-refractivity contribution in [3.63, 3.8) is 0 Å². The van der Waals surface area contributed by atoms with Crippen LogP contribution in [0.5, 0.6) is 0 Å². The van der Waals surface area contributed by atoms with E-state index in [-0.39, 0.29) is 17.0 Å². The molecule has 0 saturated heterocycles. The average Bonchev–Trinajstić information content (AvgIpc) is 2.31. The molecule has 0 aromatic carbocycles. The Hall–Kier alpha value is -0.240. The van der Waals surface area contributed by atoms with Crippen molar-refractivity contribution in [2.75, 3.05) is 0 Å². The number of hydrogen-bond acceptors (Lipinski definition) is 0. The number of rotatable bonds is 3. The fourth-order valence-electron chi connectivity index (χ4n) is 1.11. The predicted molar refractivity (Wildman–Crippen MR) is 54.3 cm³/mol. The highest BCUT2D eigenvalue weighted by molar-refractivity contribution is 8.93. The van der Waals surface area contributed by atoms with Crippen LogP contribution < -0.4 is 0 Å². The summed E-state index contributed by atoms with van der Waals surface area (Å²) in [5.74, 6) is 0. The van der Waals surface area contributed by atoms with E-state index in [0.717, 1.165) is 0 Å². The standard InChI is InChI=1S/C9H15N.BrH/c1-3-4-6-9-7-5-8-10(9)2;/h5,7-8H,3-4,6H2,1-2H3;1H. The summed E-state index contributed by atoms with van der Waals surface area (Å²) in [4.78, 5) is 0. The highest BCUT2D eigenvalue weighted by atomic mass is 79.9. The van der Waals surface area contributed by atoms with Crippen LogP contribution in [0.15, 0.2) is 18.3 Å². The Labute approximate surface area is 79.2 Å². The van der Waals surface area contributed by atoms with Crippen LogP contribution in [-0.4, -0.2) is 4.57 Å². The van der Waals surface area contributed by atoms with Crippen molar-refractivity contribution in [3.8, 4) is 0 Å². The second-order valence-electron chi connectivity index (χ2n) is 2.71. The quantitative estimate of drug-likeness (QED) is 0.735. The smallest absolute Gasteiger partial charge is 0.0171 e. The first-order valence-electron chi connectivity index (χ1n) is 3.95. The molecule has 0 amide bonds. The molecule has 0 fully saturated rings. The zero-order chi connectivity index (χ0) is 7.40. The summed E-state index contributed by atoms with van der Waals surface area (Å²) in [5, 5.41) is 0. The Morgan fingerprint density at radius 2 is 2.18 bits per heavy atom. The lowest BCUT2D eigenvalue weighted by atomic mass is 10.2. The van der Waals surface area contributed by atoms with Crippen molar-refractivity contribution in [1.82, 2.24) is 4.57 Å². The molecular formula is C9H16BrN. The zero-order valence-corrected chi connectivity index (χ0v) is 8.92. The fourth-order valence-corrected chi connectivity index (χ4v) is 1.11. The monoisotopic (exact) mass is 217 g/mol. The number of aromatic nitrogens is 1. The van der Waals surface area contributed by atoms with Crippen LogP contribution in [0.4, 0.5) is 0 Å². The molecule has 1 nitrogen and oxygen atoms in total. The van der Waals surface area contributed by atoms with Crippen molar-refractivity contribution in [2.24, 2.45) is 7.05 Å². The Morgan fingerprint density at radius 3 is 2.64 bits per heavy atom. The van der Waals surface area contributed by atoms with E-state index >= 15 is 0 Å². The fraction of sp³-hybridized carbons (Fsp3) is 0.556. The first kappa shape index (κ1) is 10.8. The lowest BCUT2D eigenvalue weighted by Gasteiger charge is -1.99. The van der Waals surface area contributed by atoms with Crippen LogP contribution in [0.1, 0.15) is 25.5 Å². The van der Waals surface area contributed by atoms with Gasteiger partial charge in [0.05, 0.1) is 0 Å². The maximum absolute atomic E-state index is 2.23. The molecule has 1 aromatic rings. The molecule has 0 aliphatic heterocycles. The molecule has 0 aliphatic carbocycles. The molecule has 1 rings (SSSR count). The average molecular weight is 218 g/mol. The van der Waals surface area contributed by atoms with E-state index in [2.05, 4.69) is 36.9 Å². The molecule has 1 heterocycles. The third kappa shape index (κ3) is 3.10. The molecule has 0 saturated carbocycles. The van der Waals surface area contributed by atoms with E-state index in [1.165, 1.54) is 25.0 Å². The van der Waals surface area contributed by atoms with Gasteiger partial charge in [-0.2, -0.15) is 0 Å². The molecule has 0 N–H and O–H groups in total. The number of aryl methyl sites for hydroxylation is 2. The van der Waals surface area contributed by atoms with Crippen LogP contribution in [0.3, 0.4) is 0 Å². The summed E-state index contributed by atoms with van der Waals surface area (Å²) in [7, 11) is 2.10. The van der Waals surface area contributed by atoms with Gasteiger partial charge in [0, 0.05) is 18.9 Å². The molecule has 11 heavy (non-hydrogen) atoms. The summed E-state index contributed by atoms with van der Waals surface area (Å²) < 4.78 is 2.19. The van der Waals surface area contributed by atoms with E-state index in [4.69, 9.17) is 0 Å². The Kier molecular flexibility index (Phi) is 5.30. The highest BCUT2D eigenvalue weighted by Gasteiger charge is 1.93. The third-order valence-electron chi connectivity index (χ3n) is 1.84. The molecular weight excluding hydrogens is 202 g/mol. The van der Waals surface area contributed by atoms with E-state index in [1.807, 2.05) is 0 Å². The second kappa shape index (κ2) is 5.42. The van der Waals surface area contributed by atoms with Crippen molar-refractivity contribution in [1.29, 1.82) is 0 Å². The predicted octanol–water partition coefficient (Wildman–Crippen LogP) is 2.95. The maximum atomic E-state index is 2.23. The first-order valence-corrected chi connectivity index (χ1v) is 3.95. The number of halogens is 1. The van der Waals surface area contributed by atoms with E-state index in [9.17, 15) is 0 Å². The summed E-state index contributed by atoms with van der Waals surface area (Å²) in [5.41, 5.74) is 1.45. The second-order valence-corrected chi connectivity index (χ2v) is 2.71. The van der Waals surface area contributed by atoms with Gasteiger partial charge < -0.3 is 4.57 Å². The summed E-state index contributed by atoms with van der Waals surface area (Å²) in [6, 6.07) is 4.29. The van der Waals surface area contributed by atoms with E-state index in [0.29, 0.717) is 0 Å². The molecule has 64 valence electrons. The summed E-state index contributed by atoms with van der Waals surface area (Å²) >= 11 is 0. The molecule has 0 unspecified atom stereocenters. The first-order chi connectivity index (χ1) is 4.84. The van der Waals surface area contributed by atoms with Crippen LogP contribution in [0, 0.1) is 0 Å². The molecule has 0 radical (unpaired) electrons. The van der Waals surface area contributed by atoms with Gasteiger partial charge in [0.15, 0.2) is 0 Å². The molecule has 0 atom stereocenters. The van der Waals surface area contributed by atoms with Crippen molar-refractivity contribution >= 4 is 17.0 Å². The normalized spacial score (nSPS) is 9.27. The minimum atomic E-state index is 0. The lowest BCUT2D eigenvalue weighted by Crippen LogP contribution is -1.93. The topological polar surface area (TPSA) is 4.93 Å².